The molecule has 0 heterocycles. The van der Waals surface area contributed by atoms with Gasteiger partial charge >= 0.3 is 0 Å². The molecule has 0 aliphatic rings. The summed E-state index contributed by atoms with van der Waals surface area (Å²) in [4.78, 5) is 0. The van der Waals surface area contributed by atoms with Gasteiger partial charge in [0, 0.05) is 0 Å². The molecule has 0 nitrogen and oxygen atoms in total. The van der Waals surface area contributed by atoms with Crippen LogP contribution in [0.2, 0.25) is 0 Å². The van der Waals surface area contributed by atoms with Crippen molar-refractivity contribution in [2.45, 2.75) is 0 Å². The molecule has 0 aliphatic carbocycles. The first-order valence-corrected chi connectivity index (χ1v) is 2.03. The van der Waals surface area contributed by atoms with Crippen LogP contribution in [0.1, 0.15) is 0 Å². The van der Waals surface area contributed by atoms with Crippen molar-refractivity contribution in [3.05, 3.63) is 0 Å². The SMILES string of the molecule is FCC#CCCl. The minimum absolute atomic E-state index is 0.226. The second-order valence-corrected chi connectivity index (χ2v) is 0.888. The highest BCUT2D eigenvalue weighted by Crippen LogP contribution is 1.66. The van der Waals surface area contributed by atoms with Crippen LogP contribution in [0.5, 0.6) is 0 Å². The largest absolute Gasteiger partial charge is 0.237 e. The molecule has 0 spiro atoms. The number of alkyl halides is 2. The Bertz CT molecular complexity index is 61.4. The van der Waals surface area contributed by atoms with Gasteiger partial charge in [0.15, 0.2) is 0 Å². The number of hydrogen-bond acceptors (Lipinski definition) is 0. The van der Waals surface area contributed by atoms with Crippen molar-refractivity contribution in [3.8, 4) is 11.8 Å². The molecule has 0 rings (SSSR count). The summed E-state index contributed by atoms with van der Waals surface area (Å²) in [5.41, 5.74) is 0. The molecule has 0 bridgehead atoms. The maximum Gasteiger partial charge on any atom is 0.150 e. The Morgan fingerprint density at radius 1 is 1.50 bits per heavy atom. The van der Waals surface area contributed by atoms with Crippen LogP contribution < -0.4 is 0 Å². The van der Waals surface area contributed by atoms with Gasteiger partial charge in [0.1, 0.15) is 6.67 Å². The first-order chi connectivity index (χ1) is 2.91. The van der Waals surface area contributed by atoms with Gasteiger partial charge in [0.2, 0.25) is 0 Å². The summed E-state index contributed by atoms with van der Waals surface area (Å²) in [5.74, 6) is 4.71. The van der Waals surface area contributed by atoms with Crippen molar-refractivity contribution in [3.63, 3.8) is 0 Å². The van der Waals surface area contributed by atoms with E-state index >= 15 is 0 Å². The maximum absolute atomic E-state index is 10.9. The molecule has 0 aromatic carbocycles. The Morgan fingerprint density at radius 2 is 2.17 bits per heavy atom. The standard InChI is InChI=1S/C4H4ClF/c5-3-1-2-4-6/h3-4H2. The fourth-order valence-electron chi connectivity index (χ4n) is 0.0945. The van der Waals surface area contributed by atoms with Crippen LogP contribution in [0, 0.1) is 11.8 Å². The van der Waals surface area contributed by atoms with Crippen LogP contribution >= 0.6 is 11.6 Å². The van der Waals surface area contributed by atoms with E-state index in [2.05, 4.69) is 11.8 Å². The zero-order valence-corrected chi connectivity index (χ0v) is 3.93. The average molecular weight is 107 g/mol. The Balaban J connectivity index is 2.90. The highest BCUT2D eigenvalue weighted by molar-refractivity contribution is 6.19. The lowest BCUT2D eigenvalue weighted by Crippen LogP contribution is -1.62. The van der Waals surface area contributed by atoms with Gasteiger partial charge < -0.3 is 0 Å². The zero-order chi connectivity index (χ0) is 4.83. The molecule has 0 aromatic rings. The first kappa shape index (κ1) is 5.78. The summed E-state index contributed by atoms with van der Waals surface area (Å²) in [6.07, 6.45) is 0. The molecule has 6 heavy (non-hydrogen) atoms. The highest BCUT2D eigenvalue weighted by Gasteiger charge is 1.60. The first-order valence-electron chi connectivity index (χ1n) is 1.49. The number of halogens is 2. The lowest BCUT2D eigenvalue weighted by molar-refractivity contribution is 0.573. The molecular weight excluding hydrogens is 102 g/mol. The normalized spacial score (nSPS) is 6.33. The number of rotatable bonds is 0. The van der Waals surface area contributed by atoms with E-state index in [1.54, 1.807) is 0 Å². The van der Waals surface area contributed by atoms with Gasteiger partial charge in [0.05, 0.1) is 5.88 Å². The Kier molecular flexibility index (Phi) is 4.60. The lowest BCUT2D eigenvalue weighted by Gasteiger charge is -1.62. The topological polar surface area (TPSA) is 0 Å². The van der Waals surface area contributed by atoms with Gasteiger partial charge in [-0.05, 0) is 0 Å². The summed E-state index contributed by atoms with van der Waals surface area (Å²) in [6.45, 7) is -0.591. The van der Waals surface area contributed by atoms with Crippen molar-refractivity contribution in [1.82, 2.24) is 0 Å². The van der Waals surface area contributed by atoms with E-state index in [-0.39, 0.29) is 5.88 Å². The third kappa shape index (κ3) is 3.78. The fourth-order valence-corrected chi connectivity index (χ4v) is 0.189. The van der Waals surface area contributed by atoms with E-state index in [4.69, 9.17) is 11.6 Å². The van der Waals surface area contributed by atoms with E-state index in [9.17, 15) is 4.39 Å². The van der Waals surface area contributed by atoms with Gasteiger partial charge in [-0.1, -0.05) is 11.8 Å². The predicted octanol–water partition coefficient (Wildman–Crippen LogP) is 1.20. The lowest BCUT2D eigenvalue weighted by atomic mass is 10.7. The van der Waals surface area contributed by atoms with E-state index in [1.807, 2.05) is 0 Å². The maximum atomic E-state index is 10.9. The summed E-state index contributed by atoms with van der Waals surface area (Å²) in [7, 11) is 0. The fraction of sp³-hybridized carbons (Fsp3) is 0.500. The monoisotopic (exact) mass is 106 g/mol. The Morgan fingerprint density at radius 3 is 2.33 bits per heavy atom. The molecule has 0 saturated heterocycles. The van der Waals surface area contributed by atoms with E-state index in [0.717, 1.165) is 0 Å². The van der Waals surface area contributed by atoms with Crippen molar-refractivity contribution in [1.29, 1.82) is 0 Å². The van der Waals surface area contributed by atoms with Crippen LogP contribution in [0.3, 0.4) is 0 Å². The second kappa shape index (κ2) is 4.78. The van der Waals surface area contributed by atoms with Gasteiger partial charge in [0.25, 0.3) is 0 Å². The molecule has 0 N–H and O–H groups in total. The van der Waals surface area contributed by atoms with Crippen LogP contribution in [-0.4, -0.2) is 12.6 Å². The summed E-state index contributed by atoms with van der Waals surface area (Å²) in [5, 5.41) is 0. The van der Waals surface area contributed by atoms with Gasteiger partial charge in [-0.2, -0.15) is 0 Å². The number of hydrogen-bond donors (Lipinski definition) is 0. The molecule has 2 heteroatoms. The van der Waals surface area contributed by atoms with E-state index < -0.39 is 6.67 Å². The molecule has 0 radical (unpaired) electrons. The molecule has 0 atom stereocenters. The van der Waals surface area contributed by atoms with Gasteiger partial charge in [-0.3, -0.25) is 0 Å². The van der Waals surface area contributed by atoms with E-state index in [1.165, 1.54) is 0 Å². The summed E-state index contributed by atoms with van der Waals surface area (Å²) >= 11 is 5.04. The third-order valence-electron chi connectivity index (χ3n) is 0.259. The predicted molar refractivity (Wildman–Crippen MR) is 24.5 cm³/mol. The second-order valence-electron chi connectivity index (χ2n) is 0.621. The minimum Gasteiger partial charge on any atom is -0.237 e. The molecule has 0 fully saturated rings. The van der Waals surface area contributed by atoms with Gasteiger partial charge in [-0.15, -0.1) is 11.6 Å². The molecule has 0 unspecified atom stereocenters. The summed E-state index contributed by atoms with van der Waals surface area (Å²) in [6, 6.07) is 0. The molecule has 0 saturated carbocycles. The Labute approximate surface area is 41.3 Å². The molecule has 0 amide bonds. The third-order valence-corrected chi connectivity index (χ3v) is 0.392. The van der Waals surface area contributed by atoms with Crippen molar-refractivity contribution < 1.29 is 4.39 Å². The van der Waals surface area contributed by atoms with Crippen LogP contribution in [0.4, 0.5) is 4.39 Å². The smallest absolute Gasteiger partial charge is 0.150 e. The Hall–Kier alpha value is -0.220. The molecule has 0 aliphatic heterocycles. The molecule has 34 valence electrons. The van der Waals surface area contributed by atoms with Crippen LogP contribution in [0.15, 0.2) is 0 Å². The zero-order valence-electron chi connectivity index (χ0n) is 3.17. The highest BCUT2D eigenvalue weighted by atomic mass is 35.5. The van der Waals surface area contributed by atoms with Crippen LogP contribution in [0.25, 0.3) is 0 Å². The van der Waals surface area contributed by atoms with Crippen LogP contribution in [-0.2, 0) is 0 Å². The van der Waals surface area contributed by atoms with Gasteiger partial charge in [-0.25, -0.2) is 4.39 Å². The van der Waals surface area contributed by atoms with E-state index in [0.29, 0.717) is 0 Å². The molecular formula is C4H4ClF. The van der Waals surface area contributed by atoms with Crippen molar-refractivity contribution >= 4 is 11.6 Å². The van der Waals surface area contributed by atoms with Crippen molar-refractivity contribution in [2.75, 3.05) is 12.6 Å². The van der Waals surface area contributed by atoms with Crippen molar-refractivity contribution in [2.24, 2.45) is 0 Å². The quantitative estimate of drug-likeness (QED) is 0.322. The molecule has 0 aromatic heterocycles. The summed E-state index contributed by atoms with van der Waals surface area (Å²) < 4.78 is 10.9. The average Bonchev–Trinajstić information content (AvgIpc) is 1.61. The minimum atomic E-state index is -0.591.